The average molecular weight is 713 g/mol. The van der Waals surface area contributed by atoms with E-state index in [0.717, 1.165) is 71.8 Å². The highest BCUT2D eigenvalue weighted by atomic mass is 35.5. The van der Waals surface area contributed by atoms with Gasteiger partial charge < -0.3 is 23.9 Å². The average Bonchev–Trinajstić information content (AvgIpc) is 3.70. The van der Waals surface area contributed by atoms with Crippen LogP contribution in [0.15, 0.2) is 48.7 Å². The van der Waals surface area contributed by atoms with E-state index in [1.165, 1.54) is 0 Å². The van der Waals surface area contributed by atoms with Crippen molar-refractivity contribution in [2.24, 2.45) is 14.1 Å². The van der Waals surface area contributed by atoms with Crippen LogP contribution in [0.5, 0.6) is 5.75 Å². The Morgan fingerprint density at radius 3 is 2.38 bits per heavy atom. The molecular weight excluding hydrogens is 673 g/mol. The molecule has 0 aliphatic carbocycles. The van der Waals surface area contributed by atoms with E-state index in [4.69, 9.17) is 33.0 Å². The SMILES string of the molecule is Cc1cc(OCCCc2c3n(c4c(-c5c(C)nn(C)c5C)c(Cl)ccc24)[C@H](C)CN(c2cc(C(=O)O)cc4c2ccn4C)C3=O)cc(C)c1Cl. The van der Waals surface area contributed by atoms with Crippen LogP contribution in [0.25, 0.3) is 32.9 Å². The third-order valence-electron chi connectivity index (χ3n) is 10.1. The molecule has 0 saturated heterocycles. The number of anilines is 1. The molecular formula is C39H39Cl2N5O4. The normalized spacial score (nSPS) is 14.6. The van der Waals surface area contributed by atoms with Gasteiger partial charge in [-0.1, -0.05) is 29.3 Å². The second kappa shape index (κ2) is 12.5. The number of ether oxygens (including phenoxy) is 1. The molecule has 3 aromatic heterocycles. The summed E-state index contributed by atoms with van der Waals surface area (Å²) in [6, 6.07) is 12.8. The number of carbonyl (C=O) groups is 2. The van der Waals surface area contributed by atoms with Gasteiger partial charge in [0.1, 0.15) is 11.4 Å². The van der Waals surface area contributed by atoms with Gasteiger partial charge in [-0.25, -0.2) is 4.79 Å². The number of carbonyl (C=O) groups excluding carboxylic acids is 1. The molecule has 0 spiro atoms. The molecule has 6 aromatic rings. The fourth-order valence-electron chi connectivity index (χ4n) is 7.64. The highest BCUT2D eigenvalue weighted by Crippen LogP contribution is 2.45. The molecule has 11 heteroatoms. The first-order valence-corrected chi connectivity index (χ1v) is 17.4. The lowest BCUT2D eigenvalue weighted by Gasteiger charge is -2.35. The number of benzene rings is 3. The lowest BCUT2D eigenvalue weighted by molar-refractivity contribution is 0.0696. The summed E-state index contributed by atoms with van der Waals surface area (Å²) in [6.07, 6.45) is 3.10. The Kier molecular flexibility index (Phi) is 8.47. The quantitative estimate of drug-likeness (QED) is 0.159. The van der Waals surface area contributed by atoms with Crippen molar-refractivity contribution in [1.82, 2.24) is 18.9 Å². The summed E-state index contributed by atoms with van der Waals surface area (Å²) in [7, 11) is 3.79. The molecule has 50 heavy (non-hydrogen) atoms. The first-order valence-electron chi connectivity index (χ1n) is 16.7. The standard InChI is InChI=1S/C39H39Cl2N5O4/c1-20-15-26(16-21(2)35(20)41)50-14-8-9-27-28-10-11-30(40)34(33-23(4)42-44(7)24(33)5)36(28)46-22(3)19-45(38(47)37(27)46)32-18-25(39(48)49)17-31-29(32)12-13-43(31)6/h10-13,15-18,22H,8-9,14,19H2,1-7H3,(H,48,49)/t22-/m1/s1. The van der Waals surface area contributed by atoms with Gasteiger partial charge in [-0.3, -0.25) is 9.48 Å². The molecule has 0 fully saturated rings. The molecule has 9 nitrogen and oxygen atoms in total. The summed E-state index contributed by atoms with van der Waals surface area (Å²) in [5.74, 6) is -0.478. The second-order valence-corrected chi connectivity index (χ2v) is 14.2. The lowest BCUT2D eigenvalue weighted by Crippen LogP contribution is -2.43. The smallest absolute Gasteiger partial charge is 0.335 e. The van der Waals surface area contributed by atoms with Crippen molar-refractivity contribution in [1.29, 1.82) is 0 Å². The minimum absolute atomic E-state index is 0.127. The summed E-state index contributed by atoms with van der Waals surface area (Å²) in [5, 5.41) is 17.8. The zero-order chi connectivity index (χ0) is 35.8. The topological polar surface area (TPSA) is 94.5 Å². The number of aromatic carboxylic acids is 1. The third-order valence-corrected chi connectivity index (χ3v) is 11.0. The Hall–Kier alpha value is -4.73. The number of fused-ring (bicyclic) bond motifs is 4. The molecule has 258 valence electrons. The Labute approximate surface area is 300 Å². The van der Waals surface area contributed by atoms with Gasteiger partial charge in [-0.15, -0.1) is 0 Å². The highest BCUT2D eigenvalue weighted by molar-refractivity contribution is 6.35. The van der Waals surface area contributed by atoms with Gasteiger partial charge in [0, 0.05) is 65.5 Å². The minimum Gasteiger partial charge on any atom is -0.494 e. The van der Waals surface area contributed by atoms with Gasteiger partial charge in [0.15, 0.2) is 0 Å². The molecule has 7 rings (SSSR count). The van der Waals surface area contributed by atoms with Crippen LogP contribution in [0.3, 0.4) is 0 Å². The Bertz CT molecular complexity index is 2360. The van der Waals surface area contributed by atoms with Crippen molar-refractivity contribution in [2.75, 3.05) is 18.1 Å². The Morgan fingerprint density at radius 2 is 1.72 bits per heavy atom. The fraction of sp³-hybridized carbons (Fsp3) is 0.308. The van der Waals surface area contributed by atoms with Crippen molar-refractivity contribution in [3.8, 4) is 16.9 Å². The van der Waals surface area contributed by atoms with Crippen molar-refractivity contribution >= 4 is 62.6 Å². The number of aromatic nitrogens is 4. The largest absolute Gasteiger partial charge is 0.494 e. The molecule has 4 heterocycles. The van der Waals surface area contributed by atoms with Crippen LogP contribution in [0.1, 0.15) is 68.3 Å². The van der Waals surface area contributed by atoms with E-state index in [1.54, 1.807) is 17.0 Å². The van der Waals surface area contributed by atoms with E-state index in [9.17, 15) is 14.7 Å². The van der Waals surface area contributed by atoms with Crippen molar-refractivity contribution in [3.05, 3.63) is 98.0 Å². The van der Waals surface area contributed by atoms with E-state index < -0.39 is 5.97 Å². The zero-order valence-corrected chi connectivity index (χ0v) is 30.7. The van der Waals surface area contributed by atoms with E-state index in [1.807, 2.05) is 87.6 Å². The second-order valence-electron chi connectivity index (χ2n) is 13.4. The molecule has 1 amide bonds. The fourth-order valence-corrected chi connectivity index (χ4v) is 7.99. The molecule has 0 bridgehead atoms. The van der Waals surface area contributed by atoms with E-state index in [0.29, 0.717) is 42.4 Å². The van der Waals surface area contributed by atoms with Crippen LogP contribution in [0, 0.1) is 27.7 Å². The Morgan fingerprint density at radius 1 is 1.00 bits per heavy atom. The summed E-state index contributed by atoms with van der Waals surface area (Å²) >= 11 is 13.5. The van der Waals surface area contributed by atoms with Crippen LogP contribution in [0.2, 0.25) is 10.0 Å². The number of hydrogen-bond acceptors (Lipinski definition) is 4. The molecule has 0 unspecified atom stereocenters. The first kappa shape index (κ1) is 33.8. The van der Waals surface area contributed by atoms with Gasteiger partial charge in [0.25, 0.3) is 5.91 Å². The number of carboxylic acids is 1. The highest BCUT2D eigenvalue weighted by Gasteiger charge is 2.37. The van der Waals surface area contributed by atoms with E-state index in [2.05, 4.69) is 11.5 Å². The van der Waals surface area contributed by atoms with Crippen LogP contribution < -0.4 is 9.64 Å². The summed E-state index contributed by atoms with van der Waals surface area (Å²) in [4.78, 5) is 29.0. The maximum absolute atomic E-state index is 15.0. The molecule has 0 saturated carbocycles. The third kappa shape index (κ3) is 5.34. The summed E-state index contributed by atoms with van der Waals surface area (Å²) < 4.78 is 12.1. The number of carboxylic acid groups (broad SMARTS) is 1. The first-order chi connectivity index (χ1) is 23.8. The molecule has 3 aromatic carbocycles. The van der Waals surface area contributed by atoms with Crippen LogP contribution in [0.4, 0.5) is 5.69 Å². The van der Waals surface area contributed by atoms with Crippen LogP contribution in [-0.2, 0) is 20.5 Å². The Balaban J connectivity index is 1.39. The molecule has 1 aliphatic heterocycles. The van der Waals surface area contributed by atoms with Crippen LogP contribution in [-0.4, -0.2) is 49.0 Å². The number of halogens is 2. The number of rotatable bonds is 8. The maximum Gasteiger partial charge on any atom is 0.335 e. The monoisotopic (exact) mass is 711 g/mol. The van der Waals surface area contributed by atoms with E-state index in [-0.39, 0.29) is 17.5 Å². The predicted molar refractivity (Wildman–Crippen MR) is 200 cm³/mol. The van der Waals surface area contributed by atoms with Gasteiger partial charge >= 0.3 is 5.97 Å². The molecule has 1 N–H and O–H groups in total. The molecule has 1 atom stereocenters. The van der Waals surface area contributed by atoms with Crippen molar-refractivity contribution in [2.45, 2.75) is 53.5 Å². The maximum atomic E-state index is 15.0. The van der Waals surface area contributed by atoms with E-state index >= 15 is 0 Å². The number of hydrogen-bond donors (Lipinski definition) is 1. The van der Waals surface area contributed by atoms with Crippen LogP contribution >= 0.6 is 23.2 Å². The number of amides is 1. The molecule has 0 radical (unpaired) electrons. The zero-order valence-electron chi connectivity index (χ0n) is 29.2. The lowest BCUT2D eigenvalue weighted by atomic mass is 9.98. The van der Waals surface area contributed by atoms with Gasteiger partial charge in [0.05, 0.1) is 39.6 Å². The van der Waals surface area contributed by atoms with Crippen molar-refractivity contribution in [3.63, 3.8) is 0 Å². The summed E-state index contributed by atoms with van der Waals surface area (Å²) in [6.45, 7) is 10.8. The predicted octanol–water partition coefficient (Wildman–Crippen LogP) is 9.01. The van der Waals surface area contributed by atoms with Gasteiger partial charge in [-0.05, 0) is 101 Å². The van der Waals surface area contributed by atoms with Crippen molar-refractivity contribution < 1.29 is 19.4 Å². The minimum atomic E-state index is -1.05. The molecule has 1 aliphatic rings. The number of aryl methyl sites for hydroxylation is 6. The van der Waals surface area contributed by atoms with Gasteiger partial charge in [0.2, 0.25) is 0 Å². The summed E-state index contributed by atoms with van der Waals surface area (Å²) in [5.41, 5.74) is 9.38. The number of nitrogens with zero attached hydrogens (tertiary/aromatic N) is 5. The van der Waals surface area contributed by atoms with Gasteiger partial charge in [-0.2, -0.15) is 5.10 Å².